The van der Waals surface area contributed by atoms with E-state index < -0.39 is 0 Å². The molecule has 0 radical (unpaired) electrons. The van der Waals surface area contributed by atoms with Crippen molar-refractivity contribution in [2.45, 2.75) is 0 Å². The Labute approximate surface area is 89.7 Å². The molecular weight excluding hydrogens is 220 g/mol. The molecule has 0 fully saturated rings. The van der Waals surface area contributed by atoms with Gasteiger partial charge in [-0.05, 0) is 18.2 Å². The van der Waals surface area contributed by atoms with E-state index in [9.17, 15) is 4.79 Å². The first-order valence-electron chi connectivity index (χ1n) is 3.98. The number of hydrogen-bond donors (Lipinski definition) is 1. The van der Waals surface area contributed by atoms with Gasteiger partial charge >= 0.3 is 0 Å². The van der Waals surface area contributed by atoms with E-state index in [2.05, 4.69) is 10.3 Å². The summed E-state index contributed by atoms with van der Waals surface area (Å²) in [6, 6.07) is 5.60. The number of alkyl halides is 1. The van der Waals surface area contributed by atoms with Crippen molar-refractivity contribution in [1.29, 1.82) is 0 Å². The van der Waals surface area contributed by atoms with E-state index in [-0.39, 0.29) is 11.8 Å². The van der Waals surface area contributed by atoms with Crippen molar-refractivity contribution in [3.05, 3.63) is 23.7 Å². The zero-order valence-electron chi connectivity index (χ0n) is 7.16. The molecule has 0 aliphatic rings. The number of thiazole rings is 1. The summed E-state index contributed by atoms with van der Waals surface area (Å²) in [6.45, 7) is 0. The molecule has 2 aromatic rings. The summed E-state index contributed by atoms with van der Waals surface area (Å²) in [5.41, 5.74) is 3.40. The number of hydrogen-bond acceptors (Lipinski definition) is 3. The molecule has 0 bridgehead atoms. The van der Waals surface area contributed by atoms with Crippen LogP contribution in [0.25, 0.3) is 10.2 Å². The van der Waals surface area contributed by atoms with Crippen LogP contribution in [-0.2, 0) is 4.79 Å². The van der Waals surface area contributed by atoms with Crippen LogP contribution in [0.1, 0.15) is 0 Å². The van der Waals surface area contributed by atoms with E-state index in [1.807, 2.05) is 18.2 Å². The number of benzene rings is 1. The Hall–Kier alpha value is -1.13. The SMILES string of the molecule is O=C(CCl)Nc1ccc2scnc2c1. The zero-order chi connectivity index (χ0) is 9.97. The fraction of sp³-hybridized carbons (Fsp3) is 0.111. The highest BCUT2D eigenvalue weighted by Gasteiger charge is 2.01. The molecule has 0 aliphatic heterocycles. The van der Waals surface area contributed by atoms with E-state index in [1.165, 1.54) is 0 Å². The van der Waals surface area contributed by atoms with Crippen molar-refractivity contribution in [3.63, 3.8) is 0 Å². The standard InChI is InChI=1S/C9H7ClN2OS/c10-4-9(13)12-6-1-2-8-7(3-6)11-5-14-8/h1-3,5H,4H2,(H,12,13). The molecule has 1 aromatic carbocycles. The van der Waals surface area contributed by atoms with Crippen molar-refractivity contribution in [2.24, 2.45) is 0 Å². The lowest BCUT2D eigenvalue weighted by molar-refractivity contribution is -0.113. The van der Waals surface area contributed by atoms with Crippen LogP contribution in [0.2, 0.25) is 0 Å². The Morgan fingerprint density at radius 3 is 3.21 bits per heavy atom. The lowest BCUT2D eigenvalue weighted by Crippen LogP contribution is -2.12. The van der Waals surface area contributed by atoms with Crippen LogP contribution >= 0.6 is 22.9 Å². The Kier molecular flexibility index (Phi) is 2.65. The van der Waals surface area contributed by atoms with E-state index in [1.54, 1.807) is 16.8 Å². The third kappa shape index (κ3) is 1.86. The number of carbonyl (C=O) groups is 1. The quantitative estimate of drug-likeness (QED) is 0.800. The van der Waals surface area contributed by atoms with Gasteiger partial charge < -0.3 is 5.32 Å². The lowest BCUT2D eigenvalue weighted by atomic mass is 10.3. The molecule has 2 rings (SSSR count). The molecule has 0 unspecified atom stereocenters. The van der Waals surface area contributed by atoms with Crippen molar-refractivity contribution in [1.82, 2.24) is 4.98 Å². The monoisotopic (exact) mass is 226 g/mol. The summed E-state index contributed by atoms with van der Waals surface area (Å²) < 4.78 is 1.11. The molecule has 0 saturated carbocycles. The van der Waals surface area contributed by atoms with Crippen LogP contribution in [0, 0.1) is 0 Å². The van der Waals surface area contributed by atoms with Gasteiger partial charge in [-0.15, -0.1) is 22.9 Å². The zero-order valence-corrected chi connectivity index (χ0v) is 8.73. The van der Waals surface area contributed by atoms with Crippen LogP contribution in [0.5, 0.6) is 0 Å². The van der Waals surface area contributed by atoms with Gasteiger partial charge in [0.05, 0.1) is 15.7 Å². The highest BCUT2D eigenvalue weighted by atomic mass is 35.5. The maximum Gasteiger partial charge on any atom is 0.239 e. The Morgan fingerprint density at radius 2 is 2.43 bits per heavy atom. The number of rotatable bonds is 2. The van der Waals surface area contributed by atoms with Gasteiger partial charge in [-0.25, -0.2) is 4.98 Å². The van der Waals surface area contributed by atoms with Gasteiger partial charge in [0.25, 0.3) is 0 Å². The van der Waals surface area contributed by atoms with Gasteiger partial charge in [0.2, 0.25) is 5.91 Å². The number of nitrogens with zero attached hydrogens (tertiary/aromatic N) is 1. The van der Waals surface area contributed by atoms with Gasteiger partial charge in [-0.2, -0.15) is 0 Å². The molecule has 1 heterocycles. The number of fused-ring (bicyclic) bond motifs is 1. The summed E-state index contributed by atoms with van der Waals surface area (Å²) in [5, 5.41) is 2.67. The Morgan fingerprint density at radius 1 is 1.57 bits per heavy atom. The third-order valence-electron chi connectivity index (χ3n) is 1.74. The number of aromatic nitrogens is 1. The lowest BCUT2D eigenvalue weighted by Gasteiger charge is -2.01. The number of carbonyl (C=O) groups excluding carboxylic acids is 1. The molecule has 5 heteroatoms. The van der Waals surface area contributed by atoms with Gasteiger partial charge in [-0.1, -0.05) is 0 Å². The molecule has 0 spiro atoms. The second-order valence-electron chi connectivity index (χ2n) is 2.72. The van der Waals surface area contributed by atoms with Crippen LogP contribution < -0.4 is 5.32 Å². The first-order valence-corrected chi connectivity index (χ1v) is 5.40. The molecule has 72 valence electrons. The summed E-state index contributed by atoms with van der Waals surface area (Å²) in [5.74, 6) is -0.240. The fourth-order valence-corrected chi connectivity index (χ4v) is 1.86. The molecule has 0 atom stereocenters. The van der Waals surface area contributed by atoms with Crippen LogP contribution in [0.3, 0.4) is 0 Å². The number of halogens is 1. The van der Waals surface area contributed by atoms with E-state index in [0.29, 0.717) is 0 Å². The largest absolute Gasteiger partial charge is 0.325 e. The van der Waals surface area contributed by atoms with Gasteiger partial charge in [0.15, 0.2) is 0 Å². The average molecular weight is 227 g/mol. The average Bonchev–Trinajstić information content (AvgIpc) is 2.64. The normalized spacial score (nSPS) is 10.4. The number of amides is 1. The predicted octanol–water partition coefficient (Wildman–Crippen LogP) is 2.47. The molecule has 0 saturated heterocycles. The molecular formula is C9H7ClN2OS. The summed E-state index contributed by atoms with van der Waals surface area (Å²) in [7, 11) is 0. The Balaban J connectivity index is 2.30. The molecule has 14 heavy (non-hydrogen) atoms. The molecule has 1 N–H and O–H groups in total. The predicted molar refractivity (Wildman–Crippen MR) is 59.0 cm³/mol. The maximum absolute atomic E-state index is 11.0. The maximum atomic E-state index is 11.0. The van der Waals surface area contributed by atoms with Crippen molar-refractivity contribution < 1.29 is 4.79 Å². The van der Waals surface area contributed by atoms with Gasteiger partial charge in [-0.3, -0.25) is 4.79 Å². The molecule has 1 aromatic heterocycles. The number of anilines is 1. The minimum atomic E-state index is -0.207. The molecule has 0 aliphatic carbocycles. The first-order chi connectivity index (χ1) is 6.79. The second-order valence-corrected chi connectivity index (χ2v) is 3.87. The van der Waals surface area contributed by atoms with Crippen LogP contribution in [0.15, 0.2) is 23.7 Å². The summed E-state index contributed by atoms with van der Waals surface area (Å²) in [4.78, 5) is 15.1. The van der Waals surface area contributed by atoms with Gasteiger partial charge in [0.1, 0.15) is 5.88 Å². The van der Waals surface area contributed by atoms with Crippen molar-refractivity contribution >= 4 is 44.7 Å². The Bertz CT molecular complexity index is 469. The summed E-state index contributed by atoms with van der Waals surface area (Å²) >= 11 is 6.94. The van der Waals surface area contributed by atoms with E-state index >= 15 is 0 Å². The highest BCUT2D eigenvalue weighted by Crippen LogP contribution is 2.21. The first kappa shape index (κ1) is 9.43. The minimum absolute atomic E-state index is 0.0326. The smallest absolute Gasteiger partial charge is 0.239 e. The van der Waals surface area contributed by atoms with Crippen molar-refractivity contribution in [3.8, 4) is 0 Å². The van der Waals surface area contributed by atoms with E-state index in [4.69, 9.17) is 11.6 Å². The van der Waals surface area contributed by atoms with Crippen LogP contribution in [0.4, 0.5) is 5.69 Å². The molecule has 1 amide bonds. The van der Waals surface area contributed by atoms with E-state index in [0.717, 1.165) is 15.9 Å². The highest BCUT2D eigenvalue weighted by molar-refractivity contribution is 7.16. The van der Waals surface area contributed by atoms with Crippen LogP contribution in [-0.4, -0.2) is 16.8 Å². The second kappa shape index (κ2) is 3.94. The number of nitrogens with one attached hydrogen (secondary N) is 1. The van der Waals surface area contributed by atoms with Gasteiger partial charge in [0, 0.05) is 5.69 Å². The minimum Gasteiger partial charge on any atom is -0.325 e. The third-order valence-corrected chi connectivity index (χ3v) is 2.79. The topological polar surface area (TPSA) is 42.0 Å². The van der Waals surface area contributed by atoms with Crippen molar-refractivity contribution in [2.75, 3.05) is 11.2 Å². The molecule has 3 nitrogen and oxygen atoms in total. The summed E-state index contributed by atoms with van der Waals surface area (Å²) in [6.07, 6.45) is 0. The fourth-order valence-electron chi connectivity index (χ4n) is 1.13.